The Bertz CT molecular complexity index is 649. The van der Waals surface area contributed by atoms with Crippen molar-refractivity contribution in [2.75, 3.05) is 39.3 Å². The Morgan fingerprint density at radius 2 is 0.862 bits per heavy atom. The van der Waals surface area contributed by atoms with Crippen LogP contribution in [-0.2, 0) is 13.1 Å². The van der Waals surface area contributed by atoms with Gasteiger partial charge in [0, 0.05) is 36.8 Å². The first-order valence-electron chi connectivity index (χ1n) is 12.1. The van der Waals surface area contributed by atoms with Gasteiger partial charge in [0.05, 0.1) is 39.3 Å². The molecule has 4 rings (SSSR count). The summed E-state index contributed by atoms with van der Waals surface area (Å²) in [6.07, 6.45) is 9.89. The summed E-state index contributed by atoms with van der Waals surface area (Å²) >= 11 is 0. The summed E-state index contributed by atoms with van der Waals surface area (Å²) in [7, 11) is 0. The van der Waals surface area contributed by atoms with Crippen LogP contribution in [0.1, 0.15) is 56.1 Å². The van der Waals surface area contributed by atoms with Gasteiger partial charge in [0.2, 0.25) is 0 Å². The van der Waals surface area contributed by atoms with E-state index >= 15 is 0 Å². The summed E-state index contributed by atoms with van der Waals surface area (Å²) in [6.45, 7) is 10.8. The molecule has 0 atom stereocenters. The van der Waals surface area contributed by atoms with Gasteiger partial charge in [-0.15, -0.1) is 0 Å². The Kier molecular flexibility index (Phi) is 7.05. The molecule has 0 amide bonds. The van der Waals surface area contributed by atoms with E-state index in [4.69, 9.17) is 0 Å². The molecule has 2 fully saturated rings. The minimum atomic E-state index is 1.24. The maximum atomic E-state index is 2.32. The van der Waals surface area contributed by atoms with Gasteiger partial charge in [-0.1, -0.05) is 60.7 Å². The molecule has 2 heteroatoms. The summed E-state index contributed by atoms with van der Waals surface area (Å²) in [5.41, 5.74) is 3.05. The van der Waals surface area contributed by atoms with E-state index in [9.17, 15) is 0 Å². The van der Waals surface area contributed by atoms with Crippen molar-refractivity contribution in [2.24, 2.45) is 0 Å². The normalized spacial score (nSPS) is 20.1. The average molecular weight is 393 g/mol. The van der Waals surface area contributed by atoms with E-state index in [1.54, 1.807) is 0 Å². The van der Waals surface area contributed by atoms with Gasteiger partial charge in [-0.3, -0.25) is 0 Å². The molecule has 0 saturated carbocycles. The highest BCUT2D eigenvalue weighted by molar-refractivity contribution is 5.14. The second-order valence-electron chi connectivity index (χ2n) is 9.79. The molecule has 2 saturated heterocycles. The fourth-order valence-corrected chi connectivity index (χ4v) is 5.95. The second-order valence-corrected chi connectivity index (χ2v) is 9.79. The molecular formula is C27H40N2+2. The van der Waals surface area contributed by atoms with Gasteiger partial charge < -0.3 is 8.97 Å². The molecule has 0 bridgehead atoms. The smallest absolute Gasteiger partial charge is 0.104 e. The Hall–Kier alpha value is -1.64. The van der Waals surface area contributed by atoms with E-state index in [0.717, 1.165) is 0 Å². The average Bonchev–Trinajstić information content (AvgIpc) is 3.40. The van der Waals surface area contributed by atoms with E-state index in [1.807, 2.05) is 0 Å². The summed E-state index contributed by atoms with van der Waals surface area (Å²) in [5, 5.41) is 0. The van der Waals surface area contributed by atoms with Crippen molar-refractivity contribution in [3.8, 4) is 0 Å². The van der Waals surface area contributed by atoms with Gasteiger partial charge in [-0.2, -0.15) is 0 Å². The van der Waals surface area contributed by atoms with E-state index in [1.165, 1.54) is 117 Å². The Balaban J connectivity index is 1.25. The molecule has 0 spiro atoms. The van der Waals surface area contributed by atoms with Gasteiger partial charge in [0.1, 0.15) is 13.1 Å². The zero-order valence-electron chi connectivity index (χ0n) is 18.3. The minimum absolute atomic E-state index is 1.24. The zero-order valence-corrected chi connectivity index (χ0v) is 18.3. The molecule has 0 unspecified atom stereocenters. The molecule has 0 aromatic heterocycles. The predicted octanol–water partition coefficient (Wildman–Crippen LogP) is 5.78. The molecule has 0 N–H and O–H groups in total. The van der Waals surface area contributed by atoms with Crippen LogP contribution >= 0.6 is 0 Å². The second kappa shape index (κ2) is 9.91. The van der Waals surface area contributed by atoms with Crippen LogP contribution in [0.15, 0.2) is 60.7 Å². The van der Waals surface area contributed by atoms with Gasteiger partial charge in [0.15, 0.2) is 0 Å². The van der Waals surface area contributed by atoms with Gasteiger partial charge in [-0.05, 0) is 19.3 Å². The Morgan fingerprint density at radius 3 is 1.24 bits per heavy atom. The Labute approximate surface area is 178 Å². The lowest BCUT2D eigenvalue weighted by molar-refractivity contribution is -0.931. The van der Waals surface area contributed by atoms with Crippen molar-refractivity contribution in [1.29, 1.82) is 0 Å². The molecule has 2 nitrogen and oxygen atoms in total. The first-order chi connectivity index (χ1) is 14.3. The highest BCUT2D eigenvalue weighted by Crippen LogP contribution is 2.27. The molecule has 2 aromatic carbocycles. The molecule has 156 valence electrons. The van der Waals surface area contributed by atoms with E-state index < -0.39 is 0 Å². The van der Waals surface area contributed by atoms with Crippen molar-refractivity contribution in [3.05, 3.63) is 71.8 Å². The molecule has 0 radical (unpaired) electrons. The van der Waals surface area contributed by atoms with Crippen LogP contribution in [0.5, 0.6) is 0 Å². The number of likely N-dealkylation sites (tertiary alicyclic amines) is 2. The topological polar surface area (TPSA) is 0 Å². The monoisotopic (exact) mass is 392 g/mol. The number of hydrogen-bond donors (Lipinski definition) is 0. The first kappa shape index (κ1) is 20.6. The van der Waals surface area contributed by atoms with Crippen LogP contribution in [-0.4, -0.2) is 48.2 Å². The number of hydrogen-bond acceptors (Lipinski definition) is 0. The predicted molar refractivity (Wildman–Crippen MR) is 122 cm³/mol. The van der Waals surface area contributed by atoms with Gasteiger partial charge in [0.25, 0.3) is 0 Å². The summed E-state index contributed by atoms with van der Waals surface area (Å²) in [5.74, 6) is 0. The maximum Gasteiger partial charge on any atom is 0.104 e. The third-order valence-corrected chi connectivity index (χ3v) is 7.52. The zero-order chi connectivity index (χ0) is 19.8. The SMILES string of the molecule is c1ccc(C[N+]2(CCCCC[N+]3(Cc4ccccc4)CCCC3)CCCC2)cc1. The summed E-state index contributed by atoms with van der Waals surface area (Å²) in [6, 6.07) is 22.4. The van der Waals surface area contributed by atoms with Crippen molar-refractivity contribution >= 4 is 0 Å². The number of nitrogens with zero attached hydrogens (tertiary/aromatic N) is 2. The van der Waals surface area contributed by atoms with E-state index in [0.29, 0.717) is 0 Å². The third-order valence-electron chi connectivity index (χ3n) is 7.52. The summed E-state index contributed by atoms with van der Waals surface area (Å²) < 4.78 is 2.68. The molecule has 0 aliphatic carbocycles. The lowest BCUT2D eigenvalue weighted by atomic mass is 10.1. The number of unbranched alkanes of at least 4 members (excludes halogenated alkanes) is 2. The highest BCUT2D eigenvalue weighted by Gasteiger charge is 2.33. The molecule has 2 aliphatic rings. The van der Waals surface area contributed by atoms with Crippen LogP contribution in [0.25, 0.3) is 0 Å². The lowest BCUT2D eigenvalue weighted by Crippen LogP contribution is -2.46. The van der Waals surface area contributed by atoms with Crippen LogP contribution in [0.3, 0.4) is 0 Å². The molecule has 2 aromatic rings. The molecule has 2 heterocycles. The van der Waals surface area contributed by atoms with Crippen LogP contribution in [0.2, 0.25) is 0 Å². The number of rotatable bonds is 10. The fraction of sp³-hybridized carbons (Fsp3) is 0.556. The van der Waals surface area contributed by atoms with E-state index in [-0.39, 0.29) is 0 Å². The van der Waals surface area contributed by atoms with Crippen molar-refractivity contribution in [3.63, 3.8) is 0 Å². The quantitative estimate of drug-likeness (QED) is 0.355. The number of quaternary nitrogens is 2. The fourth-order valence-electron chi connectivity index (χ4n) is 5.95. The first-order valence-corrected chi connectivity index (χ1v) is 12.1. The van der Waals surface area contributed by atoms with Crippen LogP contribution in [0, 0.1) is 0 Å². The molecule has 29 heavy (non-hydrogen) atoms. The third kappa shape index (κ3) is 5.71. The minimum Gasteiger partial charge on any atom is -0.320 e. The number of benzene rings is 2. The van der Waals surface area contributed by atoms with E-state index in [2.05, 4.69) is 60.7 Å². The maximum absolute atomic E-state index is 2.32. The van der Waals surface area contributed by atoms with Gasteiger partial charge in [-0.25, -0.2) is 0 Å². The Morgan fingerprint density at radius 1 is 0.483 bits per heavy atom. The van der Waals surface area contributed by atoms with Crippen molar-refractivity contribution in [2.45, 2.75) is 58.0 Å². The van der Waals surface area contributed by atoms with Crippen molar-refractivity contribution in [1.82, 2.24) is 0 Å². The lowest BCUT2D eigenvalue weighted by Gasteiger charge is -2.36. The van der Waals surface area contributed by atoms with Crippen molar-refractivity contribution < 1.29 is 8.97 Å². The molecule has 2 aliphatic heterocycles. The molecular weight excluding hydrogens is 352 g/mol. The standard InChI is InChI=1S/C27H40N2/c1-4-14-26(15-5-1)24-28(20-10-11-21-28)18-8-3-9-19-29(22-12-13-23-29)25-27-16-6-2-7-17-27/h1-2,4-7,14-17H,3,8-13,18-25H2/q+2. The van der Waals surface area contributed by atoms with Crippen LogP contribution < -0.4 is 0 Å². The highest BCUT2D eigenvalue weighted by atomic mass is 15.4. The summed E-state index contributed by atoms with van der Waals surface area (Å²) in [4.78, 5) is 0. The largest absolute Gasteiger partial charge is 0.320 e. The van der Waals surface area contributed by atoms with Gasteiger partial charge >= 0.3 is 0 Å². The van der Waals surface area contributed by atoms with Crippen LogP contribution in [0.4, 0.5) is 0 Å².